The molecule has 0 spiro atoms. The van der Waals surface area contributed by atoms with Crippen LogP contribution in [0.3, 0.4) is 0 Å². The molecule has 0 bridgehead atoms. The Hall–Kier alpha value is -3.01. The number of fused-ring (bicyclic) bond motifs is 3. The Morgan fingerprint density at radius 1 is 0.920 bits per heavy atom. The second-order valence-corrected chi connectivity index (χ2v) is 6.61. The Bertz CT molecular complexity index is 1040. The van der Waals surface area contributed by atoms with E-state index in [9.17, 15) is 9.59 Å². The lowest BCUT2D eigenvalue weighted by molar-refractivity contribution is 0.0642. The van der Waals surface area contributed by atoms with Crippen LogP contribution in [0.1, 0.15) is 43.1 Å². The molecule has 4 rings (SSSR count). The molecule has 2 heterocycles. The molecule has 3 aromatic rings. The molecule has 2 amide bonds. The summed E-state index contributed by atoms with van der Waals surface area (Å²) in [5, 5.41) is 0.770. The average Bonchev–Trinajstić information content (AvgIpc) is 2.83. The summed E-state index contributed by atoms with van der Waals surface area (Å²) in [6.45, 7) is 6.05. The van der Waals surface area contributed by atoms with E-state index in [-0.39, 0.29) is 18.4 Å². The van der Waals surface area contributed by atoms with Crippen LogP contribution in [0.5, 0.6) is 0 Å². The lowest BCUT2D eigenvalue weighted by Gasteiger charge is -2.13. The number of pyridine rings is 1. The normalized spacial score (nSPS) is 13.6. The maximum atomic E-state index is 13.1. The van der Waals surface area contributed by atoms with E-state index in [4.69, 9.17) is 0 Å². The van der Waals surface area contributed by atoms with Crippen LogP contribution in [-0.2, 0) is 6.54 Å². The average molecular weight is 330 g/mol. The van der Waals surface area contributed by atoms with E-state index in [0.29, 0.717) is 16.8 Å². The minimum absolute atomic E-state index is 0.232. The van der Waals surface area contributed by atoms with Crippen molar-refractivity contribution < 1.29 is 9.59 Å². The van der Waals surface area contributed by atoms with Gasteiger partial charge in [0.25, 0.3) is 11.8 Å². The third-order valence-corrected chi connectivity index (χ3v) is 4.71. The molecule has 1 aliphatic rings. The molecular weight excluding hydrogens is 312 g/mol. The summed E-state index contributed by atoms with van der Waals surface area (Å²) in [4.78, 5) is 31.9. The summed E-state index contributed by atoms with van der Waals surface area (Å²) in [6, 6.07) is 13.6. The molecular formula is C21H18N2O2. The van der Waals surface area contributed by atoms with E-state index >= 15 is 0 Å². The van der Waals surface area contributed by atoms with Gasteiger partial charge in [-0.05, 0) is 38.0 Å². The molecule has 4 nitrogen and oxygen atoms in total. The fourth-order valence-electron chi connectivity index (χ4n) is 3.59. The molecule has 25 heavy (non-hydrogen) atoms. The molecule has 0 unspecified atom stereocenters. The summed E-state index contributed by atoms with van der Waals surface area (Å²) < 4.78 is 0. The highest BCUT2D eigenvalue weighted by atomic mass is 16.2. The first-order valence-corrected chi connectivity index (χ1v) is 8.29. The molecule has 1 aliphatic heterocycles. The standard InChI is InChI=1S/C21H18N2O2/c1-12-9-13(2)19-16(10-12)18-17(14(3)22-19)20(24)23(21(18)25)11-15-7-5-4-6-8-15/h4-10H,11H2,1-3H3. The number of hydrogen-bond acceptors (Lipinski definition) is 3. The van der Waals surface area contributed by atoms with Gasteiger partial charge >= 0.3 is 0 Å². The monoisotopic (exact) mass is 330 g/mol. The number of nitrogens with zero attached hydrogens (tertiary/aromatic N) is 2. The number of benzene rings is 2. The van der Waals surface area contributed by atoms with Crippen molar-refractivity contribution in [3.63, 3.8) is 0 Å². The van der Waals surface area contributed by atoms with Crippen molar-refractivity contribution in [3.05, 3.63) is 76.0 Å². The molecule has 124 valence electrons. The van der Waals surface area contributed by atoms with Crippen LogP contribution in [0.25, 0.3) is 10.9 Å². The van der Waals surface area contributed by atoms with Crippen molar-refractivity contribution in [3.8, 4) is 0 Å². The highest BCUT2D eigenvalue weighted by Crippen LogP contribution is 2.33. The van der Waals surface area contributed by atoms with Crippen molar-refractivity contribution >= 4 is 22.7 Å². The lowest BCUT2D eigenvalue weighted by atomic mass is 9.98. The van der Waals surface area contributed by atoms with Crippen molar-refractivity contribution in [2.45, 2.75) is 27.3 Å². The molecule has 0 N–H and O–H groups in total. The molecule has 0 saturated heterocycles. The second kappa shape index (κ2) is 5.52. The number of aryl methyl sites for hydroxylation is 3. The van der Waals surface area contributed by atoms with Gasteiger partial charge in [0.2, 0.25) is 0 Å². The third-order valence-electron chi connectivity index (χ3n) is 4.71. The van der Waals surface area contributed by atoms with Crippen LogP contribution in [0.4, 0.5) is 0 Å². The Balaban J connectivity index is 1.91. The topological polar surface area (TPSA) is 50.3 Å². The Morgan fingerprint density at radius 2 is 1.60 bits per heavy atom. The fourth-order valence-corrected chi connectivity index (χ4v) is 3.59. The van der Waals surface area contributed by atoms with Gasteiger partial charge in [0, 0.05) is 5.39 Å². The smallest absolute Gasteiger partial charge is 0.263 e. The number of carbonyl (C=O) groups excluding carboxylic acids is 2. The van der Waals surface area contributed by atoms with Crippen LogP contribution in [0, 0.1) is 20.8 Å². The van der Waals surface area contributed by atoms with E-state index in [0.717, 1.165) is 27.6 Å². The summed E-state index contributed by atoms with van der Waals surface area (Å²) in [6.07, 6.45) is 0. The SMILES string of the molecule is Cc1cc(C)c2nc(C)c3c(c2c1)C(=O)N(Cc1ccccc1)C3=O. The van der Waals surface area contributed by atoms with Crippen molar-refractivity contribution in [2.24, 2.45) is 0 Å². The molecule has 0 atom stereocenters. The first-order valence-electron chi connectivity index (χ1n) is 8.29. The van der Waals surface area contributed by atoms with Gasteiger partial charge in [-0.2, -0.15) is 0 Å². The molecule has 0 radical (unpaired) electrons. The summed E-state index contributed by atoms with van der Waals surface area (Å²) in [7, 11) is 0. The molecule has 0 fully saturated rings. The van der Waals surface area contributed by atoms with Crippen molar-refractivity contribution in [1.82, 2.24) is 9.88 Å². The van der Waals surface area contributed by atoms with E-state index in [1.54, 1.807) is 6.92 Å². The minimum Gasteiger partial charge on any atom is -0.270 e. The van der Waals surface area contributed by atoms with Crippen LogP contribution in [-0.4, -0.2) is 21.7 Å². The van der Waals surface area contributed by atoms with Crippen molar-refractivity contribution in [1.29, 1.82) is 0 Å². The Kier molecular flexibility index (Phi) is 3.42. The number of hydrogen-bond donors (Lipinski definition) is 0. The Labute approximate surface area is 146 Å². The summed E-state index contributed by atoms with van der Waals surface area (Å²) in [5.41, 5.74) is 5.35. The molecule has 1 aromatic heterocycles. The first-order chi connectivity index (χ1) is 12.0. The second-order valence-electron chi connectivity index (χ2n) is 6.61. The van der Waals surface area contributed by atoms with E-state index in [2.05, 4.69) is 4.98 Å². The molecule has 0 saturated carbocycles. The van der Waals surface area contributed by atoms with Crippen LogP contribution < -0.4 is 0 Å². The summed E-state index contributed by atoms with van der Waals surface area (Å²) >= 11 is 0. The number of amides is 2. The third kappa shape index (κ3) is 2.33. The Morgan fingerprint density at radius 3 is 2.32 bits per heavy atom. The van der Waals surface area contributed by atoms with Crippen molar-refractivity contribution in [2.75, 3.05) is 0 Å². The number of aromatic nitrogens is 1. The predicted octanol–water partition coefficient (Wildman–Crippen LogP) is 3.96. The zero-order chi connectivity index (χ0) is 17.7. The van der Waals surface area contributed by atoms with Crippen LogP contribution in [0.15, 0.2) is 42.5 Å². The summed E-state index contributed by atoms with van der Waals surface area (Å²) in [5.74, 6) is -0.487. The lowest BCUT2D eigenvalue weighted by Crippen LogP contribution is -2.29. The minimum atomic E-state index is -0.255. The highest BCUT2D eigenvalue weighted by Gasteiger charge is 2.39. The zero-order valence-corrected chi connectivity index (χ0v) is 14.5. The quantitative estimate of drug-likeness (QED) is 0.668. The largest absolute Gasteiger partial charge is 0.270 e. The number of rotatable bonds is 2. The van der Waals surface area contributed by atoms with Gasteiger partial charge in [0.1, 0.15) is 0 Å². The number of carbonyl (C=O) groups is 2. The van der Waals surface area contributed by atoms with Gasteiger partial charge in [0.15, 0.2) is 0 Å². The zero-order valence-electron chi connectivity index (χ0n) is 14.5. The molecule has 2 aromatic carbocycles. The van der Waals surface area contributed by atoms with Gasteiger partial charge in [-0.25, -0.2) is 0 Å². The van der Waals surface area contributed by atoms with Gasteiger partial charge in [-0.1, -0.05) is 42.0 Å². The van der Waals surface area contributed by atoms with E-state index in [1.165, 1.54) is 4.90 Å². The maximum absolute atomic E-state index is 13.1. The number of imide groups is 1. The van der Waals surface area contributed by atoms with Gasteiger partial charge in [-0.3, -0.25) is 19.5 Å². The van der Waals surface area contributed by atoms with E-state index in [1.807, 2.05) is 56.3 Å². The maximum Gasteiger partial charge on any atom is 0.263 e. The van der Waals surface area contributed by atoms with E-state index < -0.39 is 0 Å². The fraction of sp³-hybridized carbons (Fsp3) is 0.190. The first kappa shape index (κ1) is 15.5. The van der Waals surface area contributed by atoms with Gasteiger partial charge < -0.3 is 0 Å². The van der Waals surface area contributed by atoms with Crippen LogP contribution >= 0.6 is 0 Å². The molecule has 4 heteroatoms. The van der Waals surface area contributed by atoms with Gasteiger partial charge in [0.05, 0.1) is 28.9 Å². The highest BCUT2D eigenvalue weighted by molar-refractivity contribution is 6.26. The van der Waals surface area contributed by atoms with Gasteiger partial charge in [-0.15, -0.1) is 0 Å². The molecule has 0 aliphatic carbocycles. The van der Waals surface area contributed by atoms with Crippen LogP contribution in [0.2, 0.25) is 0 Å². The predicted molar refractivity (Wildman–Crippen MR) is 96.6 cm³/mol.